The fraction of sp³-hybridized carbons (Fsp3) is 1.00. The maximum atomic E-state index is 9.61. The van der Waals surface area contributed by atoms with Crippen LogP contribution in [0.25, 0.3) is 0 Å². The highest BCUT2D eigenvalue weighted by molar-refractivity contribution is 5.02. The summed E-state index contributed by atoms with van der Waals surface area (Å²) in [5.41, 5.74) is -0.126. The van der Waals surface area contributed by atoms with E-state index in [2.05, 4.69) is 4.90 Å². The molecule has 2 rings (SSSR count). The Kier molecular flexibility index (Phi) is 3.51. The molecule has 0 radical (unpaired) electrons. The van der Waals surface area contributed by atoms with Gasteiger partial charge < -0.3 is 19.3 Å². The molecular weight excluding hydrogens is 210 g/mol. The molecule has 0 atom stereocenters. The molecule has 0 unspecified atom stereocenters. The third-order valence-electron chi connectivity index (χ3n) is 4.00. The van der Waals surface area contributed by atoms with Gasteiger partial charge in [0, 0.05) is 33.0 Å². The van der Waals surface area contributed by atoms with Gasteiger partial charge in [0.1, 0.15) is 0 Å². The van der Waals surface area contributed by atoms with Crippen LogP contribution in [0.2, 0.25) is 0 Å². The lowest BCUT2D eigenvalue weighted by Gasteiger charge is -2.57. The van der Waals surface area contributed by atoms with Gasteiger partial charge in [-0.1, -0.05) is 0 Å². The van der Waals surface area contributed by atoms with Gasteiger partial charge in [-0.05, 0) is 12.8 Å². The highest BCUT2D eigenvalue weighted by Gasteiger charge is 2.52. The van der Waals surface area contributed by atoms with Crippen LogP contribution >= 0.6 is 0 Å². The Morgan fingerprint density at radius 1 is 1.19 bits per heavy atom. The normalized spacial score (nSPS) is 28.7. The minimum atomic E-state index is -0.472. The topological polar surface area (TPSA) is 51.2 Å². The van der Waals surface area contributed by atoms with Gasteiger partial charge in [0.2, 0.25) is 0 Å². The van der Waals surface area contributed by atoms with Gasteiger partial charge in [-0.3, -0.25) is 4.90 Å². The highest BCUT2D eigenvalue weighted by atomic mass is 16.7. The third-order valence-corrected chi connectivity index (χ3v) is 4.00. The smallest absolute Gasteiger partial charge is 0.193 e. The molecule has 2 aliphatic heterocycles. The standard InChI is InChI=1S/C11H21NO4/c1-14-11(15-2)7-12(8-11)10(9-13)3-5-16-6-4-10/h13H,3-9H2,1-2H3. The van der Waals surface area contributed by atoms with Crippen LogP contribution in [0.5, 0.6) is 0 Å². The Balaban J connectivity index is 1.98. The molecular formula is C11H21NO4. The molecule has 0 bridgehead atoms. The number of nitrogens with zero attached hydrogens (tertiary/aromatic N) is 1. The van der Waals surface area contributed by atoms with Gasteiger partial charge in [-0.25, -0.2) is 0 Å². The molecule has 0 amide bonds. The number of aliphatic hydroxyl groups excluding tert-OH is 1. The summed E-state index contributed by atoms with van der Waals surface area (Å²) in [4.78, 5) is 2.25. The fourth-order valence-corrected chi connectivity index (χ4v) is 2.54. The third kappa shape index (κ3) is 1.87. The van der Waals surface area contributed by atoms with Crippen molar-refractivity contribution >= 4 is 0 Å². The molecule has 94 valence electrons. The van der Waals surface area contributed by atoms with Gasteiger partial charge in [0.05, 0.1) is 19.7 Å². The minimum absolute atomic E-state index is 0.126. The Bertz CT molecular complexity index is 228. The summed E-state index contributed by atoms with van der Waals surface area (Å²) in [7, 11) is 3.33. The Morgan fingerprint density at radius 3 is 2.19 bits per heavy atom. The SMILES string of the molecule is COC1(OC)CN(C2(CO)CCOCC2)C1. The summed E-state index contributed by atoms with van der Waals surface area (Å²) in [6.45, 7) is 3.08. The van der Waals surface area contributed by atoms with E-state index in [1.807, 2.05) is 0 Å². The molecule has 2 saturated heterocycles. The van der Waals surface area contributed by atoms with Crippen molar-refractivity contribution in [3.8, 4) is 0 Å². The van der Waals surface area contributed by atoms with Gasteiger partial charge in [-0.2, -0.15) is 0 Å². The van der Waals surface area contributed by atoms with Crippen LogP contribution in [-0.2, 0) is 14.2 Å². The van der Waals surface area contributed by atoms with E-state index in [1.165, 1.54) is 0 Å². The van der Waals surface area contributed by atoms with Gasteiger partial charge in [0.25, 0.3) is 0 Å². The first-order chi connectivity index (χ1) is 7.70. The number of hydrogen-bond acceptors (Lipinski definition) is 5. The lowest BCUT2D eigenvalue weighted by molar-refractivity contribution is -0.299. The zero-order valence-corrected chi connectivity index (χ0v) is 10.1. The molecule has 2 fully saturated rings. The summed E-state index contributed by atoms with van der Waals surface area (Å²) in [6.07, 6.45) is 1.76. The van der Waals surface area contributed by atoms with Gasteiger partial charge >= 0.3 is 0 Å². The van der Waals surface area contributed by atoms with Gasteiger partial charge in [-0.15, -0.1) is 0 Å². The number of ether oxygens (including phenoxy) is 3. The molecule has 0 saturated carbocycles. The van der Waals surface area contributed by atoms with Crippen LogP contribution in [-0.4, -0.2) is 68.5 Å². The first kappa shape index (κ1) is 12.3. The van der Waals surface area contributed by atoms with E-state index >= 15 is 0 Å². The van der Waals surface area contributed by atoms with E-state index in [9.17, 15) is 5.11 Å². The Hall–Kier alpha value is -0.200. The monoisotopic (exact) mass is 231 g/mol. The second-order valence-electron chi connectivity index (χ2n) is 4.67. The molecule has 5 heteroatoms. The molecule has 1 N–H and O–H groups in total. The predicted molar refractivity (Wildman–Crippen MR) is 58.2 cm³/mol. The summed E-state index contributed by atoms with van der Waals surface area (Å²) in [5, 5.41) is 9.61. The number of rotatable bonds is 4. The summed E-state index contributed by atoms with van der Waals surface area (Å²) in [5.74, 6) is -0.472. The van der Waals surface area contributed by atoms with Crippen LogP contribution in [0.4, 0.5) is 0 Å². The maximum absolute atomic E-state index is 9.61. The number of methoxy groups -OCH3 is 2. The van der Waals surface area contributed by atoms with E-state index in [0.717, 1.165) is 39.1 Å². The lowest BCUT2D eigenvalue weighted by atomic mass is 9.85. The zero-order valence-electron chi connectivity index (χ0n) is 10.1. The molecule has 0 aromatic carbocycles. The average Bonchev–Trinajstić information content (AvgIpc) is 2.30. The lowest BCUT2D eigenvalue weighted by Crippen LogP contribution is -2.72. The van der Waals surface area contributed by atoms with E-state index in [1.54, 1.807) is 14.2 Å². The van der Waals surface area contributed by atoms with Crippen molar-refractivity contribution in [1.82, 2.24) is 4.90 Å². The molecule has 2 aliphatic rings. The Labute approximate surface area is 96.3 Å². The zero-order chi connectivity index (χ0) is 11.6. The molecule has 2 heterocycles. The summed E-state index contributed by atoms with van der Waals surface area (Å²) in [6, 6.07) is 0. The van der Waals surface area contributed by atoms with Crippen LogP contribution < -0.4 is 0 Å². The first-order valence-corrected chi connectivity index (χ1v) is 5.74. The fourth-order valence-electron chi connectivity index (χ4n) is 2.54. The summed E-state index contributed by atoms with van der Waals surface area (Å²) >= 11 is 0. The molecule has 0 aromatic heterocycles. The molecule has 0 aromatic rings. The molecule has 5 nitrogen and oxygen atoms in total. The Morgan fingerprint density at radius 2 is 1.75 bits per heavy atom. The number of aliphatic hydroxyl groups is 1. The van der Waals surface area contributed by atoms with Crippen molar-refractivity contribution in [3.05, 3.63) is 0 Å². The van der Waals surface area contributed by atoms with Crippen LogP contribution in [0.1, 0.15) is 12.8 Å². The van der Waals surface area contributed by atoms with Crippen molar-refractivity contribution < 1.29 is 19.3 Å². The van der Waals surface area contributed by atoms with Crippen LogP contribution in [0.15, 0.2) is 0 Å². The van der Waals surface area contributed by atoms with E-state index < -0.39 is 5.79 Å². The van der Waals surface area contributed by atoms with Crippen molar-refractivity contribution in [2.24, 2.45) is 0 Å². The van der Waals surface area contributed by atoms with Crippen LogP contribution in [0.3, 0.4) is 0 Å². The average molecular weight is 231 g/mol. The quantitative estimate of drug-likeness (QED) is 0.681. The van der Waals surface area contributed by atoms with Crippen LogP contribution in [0, 0.1) is 0 Å². The maximum Gasteiger partial charge on any atom is 0.193 e. The van der Waals surface area contributed by atoms with E-state index in [0.29, 0.717) is 0 Å². The number of hydrogen-bond donors (Lipinski definition) is 1. The summed E-state index contributed by atoms with van der Waals surface area (Å²) < 4.78 is 16.1. The second kappa shape index (κ2) is 4.58. The predicted octanol–water partition coefficient (Wildman–Crippen LogP) is -0.167. The van der Waals surface area contributed by atoms with Crippen molar-refractivity contribution in [3.63, 3.8) is 0 Å². The minimum Gasteiger partial charge on any atom is -0.394 e. The van der Waals surface area contributed by atoms with E-state index in [4.69, 9.17) is 14.2 Å². The van der Waals surface area contributed by atoms with Crippen molar-refractivity contribution in [2.45, 2.75) is 24.2 Å². The first-order valence-electron chi connectivity index (χ1n) is 5.74. The largest absolute Gasteiger partial charge is 0.394 e. The van der Waals surface area contributed by atoms with Crippen molar-refractivity contribution in [1.29, 1.82) is 0 Å². The van der Waals surface area contributed by atoms with Crippen molar-refractivity contribution in [2.75, 3.05) is 47.1 Å². The second-order valence-corrected chi connectivity index (χ2v) is 4.67. The highest BCUT2D eigenvalue weighted by Crippen LogP contribution is 2.37. The van der Waals surface area contributed by atoms with E-state index in [-0.39, 0.29) is 12.1 Å². The van der Waals surface area contributed by atoms with Gasteiger partial charge in [0.15, 0.2) is 5.79 Å². The molecule has 0 spiro atoms. The molecule has 16 heavy (non-hydrogen) atoms. The molecule has 0 aliphatic carbocycles. The number of likely N-dealkylation sites (tertiary alicyclic amines) is 1.